The predicted octanol–water partition coefficient (Wildman–Crippen LogP) is -2.99. The van der Waals surface area contributed by atoms with Gasteiger partial charge in [0.05, 0.1) is 0 Å². The van der Waals surface area contributed by atoms with Crippen LogP contribution in [-0.4, -0.2) is 49.7 Å². The van der Waals surface area contributed by atoms with Crippen LogP contribution in [0.3, 0.4) is 0 Å². The zero-order chi connectivity index (χ0) is 19.7. The molecule has 1 rings (SSSR count). The van der Waals surface area contributed by atoms with Gasteiger partial charge in [-0.3, -0.25) is 60.7 Å². The number of nitrogens with zero attached hydrogens (tertiary/aromatic N) is 10. The van der Waals surface area contributed by atoms with Gasteiger partial charge in [0.1, 0.15) is 0 Å². The molecule has 0 spiro atoms. The van der Waals surface area contributed by atoms with Crippen molar-refractivity contribution in [2.45, 2.75) is 11.7 Å². The zero-order valence-electron chi connectivity index (χ0n) is 10.9. The summed E-state index contributed by atoms with van der Waals surface area (Å²) in [5, 5.41) is 72.5. The van der Waals surface area contributed by atoms with Gasteiger partial charge in [-0.2, -0.15) is 0 Å². The molecule has 22 nitrogen and oxygen atoms in total. The Labute approximate surface area is 129 Å². The number of aromatic nitrogens is 4. The molecule has 0 aliphatic rings. The molecule has 0 unspecified atom stereocenters. The fourth-order valence-electron chi connectivity index (χ4n) is 1.48. The van der Waals surface area contributed by atoms with Crippen LogP contribution in [0.25, 0.3) is 0 Å². The Morgan fingerprint density at radius 2 is 1.04 bits per heavy atom. The summed E-state index contributed by atoms with van der Waals surface area (Å²) in [5.74, 6) is -12.0. The maximum absolute atomic E-state index is 10.9. The minimum atomic E-state index is -4.84. The van der Waals surface area contributed by atoms with Gasteiger partial charge in [-0.25, -0.2) is 0 Å². The first-order valence-electron chi connectivity index (χ1n) is 5.05. The molecule has 1 aromatic heterocycles. The number of rotatable bonds is 8. The number of tetrazole rings is 1. The molecule has 0 atom stereocenters. The third-order valence-electron chi connectivity index (χ3n) is 2.55. The normalized spacial score (nSPS) is 11.5. The highest BCUT2D eigenvalue weighted by atomic mass is 16.8. The Balaban J connectivity index is 4.08. The highest BCUT2D eigenvalue weighted by molar-refractivity contribution is 4.89. The van der Waals surface area contributed by atoms with E-state index in [-0.39, 0.29) is 0 Å². The van der Waals surface area contributed by atoms with Crippen molar-refractivity contribution in [3.63, 3.8) is 0 Å². The van der Waals surface area contributed by atoms with Gasteiger partial charge in [-0.05, 0) is 10.4 Å². The quantitative estimate of drug-likeness (QED) is 0.251. The van der Waals surface area contributed by atoms with Crippen LogP contribution in [0.1, 0.15) is 5.82 Å². The van der Waals surface area contributed by atoms with Crippen LogP contribution >= 0.6 is 0 Å². The largest absolute Gasteiger partial charge is 0.824 e. The summed E-state index contributed by atoms with van der Waals surface area (Å²) in [6.45, 7) is 0. The zero-order valence-corrected chi connectivity index (χ0v) is 10.9. The van der Waals surface area contributed by atoms with Crippen molar-refractivity contribution in [2.75, 3.05) is 0 Å². The van der Waals surface area contributed by atoms with E-state index >= 15 is 0 Å². The Kier molecular flexibility index (Phi) is 4.14. The van der Waals surface area contributed by atoms with Crippen LogP contribution < -0.4 is 0 Å². The van der Waals surface area contributed by atoms with Gasteiger partial charge in [-0.15, -0.1) is 0 Å². The highest BCUT2D eigenvalue weighted by Gasteiger charge is 2.85. The lowest BCUT2D eigenvalue weighted by Gasteiger charge is -2.10. The first kappa shape index (κ1) is 18.5. The summed E-state index contributed by atoms with van der Waals surface area (Å²) in [5.41, 5.74) is 0. The van der Waals surface area contributed by atoms with E-state index in [1.165, 1.54) is 0 Å². The van der Waals surface area contributed by atoms with Gasteiger partial charge in [0, 0.05) is 4.68 Å². The minimum absolute atomic E-state index is 1.19. The van der Waals surface area contributed by atoms with Gasteiger partial charge < -0.3 is 0 Å². The molecule has 1 aromatic rings. The second-order valence-electron chi connectivity index (χ2n) is 3.69. The average molecular weight is 368 g/mol. The average Bonchev–Trinajstić information content (AvgIpc) is 2.87. The molecule has 0 amide bonds. The SMILES string of the molecule is O=[N+]([O-])C(c1nnnn1C([N+](=O)[O-])([N+](=O)[O-])[N+](=O)[O-])([N+](=O)[O-])[N+](=O)[O-]. The molecular formula is C3N10O12. The lowest BCUT2D eigenvalue weighted by molar-refractivity contribution is -1.02. The summed E-state index contributed by atoms with van der Waals surface area (Å²) in [6.07, 6.45) is 0. The lowest BCUT2D eigenvalue weighted by atomic mass is 10.3. The first-order valence-corrected chi connectivity index (χ1v) is 5.05. The van der Waals surface area contributed by atoms with Crippen LogP contribution in [0, 0.1) is 60.7 Å². The van der Waals surface area contributed by atoms with E-state index in [9.17, 15) is 60.7 Å². The van der Waals surface area contributed by atoms with Crippen molar-refractivity contribution < 1.29 is 29.5 Å². The van der Waals surface area contributed by atoms with Crippen LogP contribution in [-0.2, 0) is 11.7 Å². The molecule has 134 valence electrons. The molecule has 1 heterocycles. The molecule has 0 aliphatic carbocycles. The topological polar surface area (TPSA) is 302 Å². The predicted molar refractivity (Wildman–Crippen MR) is 59.4 cm³/mol. The van der Waals surface area contributed by atoms with Gasteiger partial charge >= 0.3 is 17.5 Å². The second kappa shape index (κ2) is 5.59. The second-order valence-corrected chi connectivity index (χ2v) is 3.69. The van der Waals surface area contributed by atoms with Gasteiger partial charge in [0.2, 0.25) is 14.8 Å². The summed E-state index contributed by atoms with van der Waals surface area (Å²) in [4.78, 5) is 51.8. The first-order chi connectivity index (χ1) is 11.4. The Hall–Kier alpha value is -4.53. The standard InChI is InChI=1S/C3N10O12/c14-8(15)2(9(16)17,10(18)19)1-4-5-6-7(1)3(11(20)21,12(22)23)13(24)25. The maximum Gasteiger partial charge on any atom is 0.824 e. The number of hydrogen-bond acceptors (Lipinski definition) is 15. The van der Waals surface area contributed by atoms with E-state index in [0.717, 1.165) is 0 Å². The van der Waals surface area contributed by atoms with Crippen LogP contribution in [0.15, 0.2) is 0 Å². The molecule has 0 aliphatic heterocycles. The van der Waals surface area contributed by atoms with Crippen molar-refractivity contribution in [2.24, 2.45) is 0 Å². The van der Waals surface area contributed by atoms with E-state index < -0.39 is 51.7 Å². The Morgan fingerprint density at radius 1 is 0.680 bits per heavy atom. The van der Waals surface area contributed by atoms with Crippen molar-refractivity contribution in [3.05, 3.63) is 66.5 Å². The monoisotopic (exact) mass is 368 g/mol. The van der Waals surface area contributed by atoms with Crippen LogP contribution in [0.5, 0.6) is 0 Å². The van der Waals surface area contributed by atoms with Gasteiger partial charge in [0.15, 0.2) is 14.8 Å². The molecule has 25 heavy (non-hydrogen) atoms. The van der Waals surface area contributed by atoms with Gasteiger partial charge in [0.25, 0.3) is 0 Å². The summed E-state index contributed by atoms with van der Waals surface area (Å²) in [6, 6.07) is 0. The van der Waals surface area contributed by atoms with Crippen molar-refractivity contribution in [1.82, 2.24) is 20.2 Å². The molecule has 0 fully saturated rings. The Morgan fingerprint density at radius 3 is 1.32 bits per heavy atom. The molecular weight excluding hydrogens is 368 g/mol. The summed E-state index contributed by atoms with van der Waals surface area (Å²) in [7, 11) is 0. The summed E-state index contributed by atoms with van der Waals surface area (Å²) < 4.78 is -1.19. The Bertz CT molecular complexity index is 671. The summed E-state index contributed by atoms with van der Waals surface area (Å²) >= 11 is 0. The minimum Gasteiger partial charge on any atom is -0.252 e. The molecule has 22 heteroatoms. The van der Waals surface area contributed by atoms with Crippen molar-refractivity contribution in [1.29, 1.82) is 0 Å². The fraction of sp³-hybridized carbons (Fsp3) is 0.667. The van der Waals surface area contributed by atoms with Gasteiger partial charge in [-0.1, -0.05) is 5.10 Å². The third-order valence-corrected chi connectivity index (χ3v) is 2.55. The molecule has 0 aromatic carbocycles. The van der Waals surface area contributed by atoms with Crippen molar-refractivity contribution in [3.8, 4) is 0 Å². The third kappa shape index (κ3) is 2.08. The molecule has 0 radical (unpaired) electrons. The van der Waals surface area contributed by atoms with Crippen LogP contribution in [0.2, 0.25) is 0 Å². The van der Waals surface area contributed by atoms with E-state index in [2.05, 4.69) is 15.5 Å². The van der Waals surface area contributed by atoms with Crippen LogP contribution in [0.4, 0.5) is 0 Å². The molecule has 0 saturated carbocycles. The van der Waals surface area contributed by atoms with E-state index in [1.54, 1.807) is 0 Å². The van der Waals surface area contributed by atoms with E-state index in [4.69, 9.17) is 0 Å². The number of nitro groups is 6. The molecule has 0 N–H and O–H groups in total. The van der Waals surface area contributed by atoms with E-state index in [0.29, 0.717) is 0 Å². The maximum atomic E-state index is 10.9. The molecule has 0 saturated heterocycles. The van der Waals surface area contributed by atoms with E-state index in [1.807, 2.05) is 0 Å². The number of hydrogen-bond donors (Lipinski definition) is 0. The highest BCUT2D eigenvalue weighted by Crippen LogP contribution is 2.29. The van der Waals surface area contributed by atoms with Crippen molar-refractivity contribution >= 4 is 0 Å². The smallest absolute Gasteiger partial charge is 0.252 e. The molecule has 0 bridgehead atoms. The lowest BCUT2D eigenvalue weighted by Crippen LogP contribution is -2.60. The fourth-order valence-corrected chi connectivity index (χ4v) is 1.48.